The van der Waals surface area contributed by atoms with E-state index >= 15 is 0 Å². The number of nitrogens with two attached hydrogens (primary N) is 1. The second kappa shape index (κ2) is 5.89. The van der Waals surface area contributed by atoms with Crippen LogP contribution in [0.3, 0.4) is 0 Å². The molecule has 0 atom stereocenters. The van der Waals surface area contributed by atoms with Crippen molar-refractivity contribution in [2.24, 2.45) is 0 Å². The van der Waals surface area contributed by atoms with Gasteiger partial charge in [0.25, 0.3) is 0 Å². The summed E-state index contributed by atoms with van der Waals surface area (Å²) in [7, 11) is 1.59. The number of anilines is 1. The molecule has 0 spiro atoms. The summed E-state index contributed by atoms with van der Waals surface area (Å²) in [6, 6.07) is 12.8. The standard InChI is InChI=1S/C15H14BrNO2/c1-19-15-5-3-2-4-10(15)8-14(18)12-9-11(16)6-7-13(12)17/h2-7,9H,8,17H2,1H3. The van der Waals surface area contributed by atoms with Crippen molar-refractivity contribution < 1.29 is 9.53 Å². The van der Waals surface area contributed by atoms with Crippen LogP contribution in [-0.4, -0.2) is 12.9 Å². The van der Waals surface area contributed by atoms with Crippen molar-refractivity contribution in [1.29, 1.82) is 0 Å². The number of nitrogen functional groups attached to an aromatic ring is 1. The van der Waals surface area contributed by atoms with E-state index in [1.54, 1.807) is 19.2 Å². The Hall–Kier alpha value is -1.81. The highest BCUT2D eigenvalue weighted by Gasteiger charge is 2.13. The first-order valence-corrected chi connectivity index (χ1v) is 6.61. The zero-order valence-electron chi connectivity index (χ0n) is 10.5. The molecule has 0 aliphatic rings. The van der Waals surface area contributed by atoms with Crippen LogP contribution in [-0.2, 0) is 6.42 Å². The molecule has 0 radical (unpaired) electrons. The molecule has 2 aromatic carbocycles. The average Bonchev–Trinajstić information content (AvgIpc) is 2.42. The molecule has 0 aromatic heterocycles. The van der Waals surface area contributed by atoms with Gasteiger partial charge in [0.15, 0.2) is 5.78 Å². The van der Waals surface area contributed by atoms with Crippen molar-refractivity contribution in [2.75, 3.05) is 12.8 Å². The number of hydrogen-bond acceptors (Lipinski definition) is 3. The minimum atomic E-state index is -0.0247. The van der Waals surface area contributed by atoms with Crippen LogP contribution in [0, 0.1) is 0 Å². The molecule has 0 bridgehead atoms. The van der Waals surface area contributed by atoms with Crippen LogP contribution >= 0.6 is 15.9 Å². The lowest BCUT2D eigenvalue weighted by atomic mass is 10.0. The molecule has 0 heterocycles. The molecule has 0 aliphatic carbocycles. The molecule has 0 unspecified atom stereocenters. The van der Waals surface area contributed by atoms with Crippen molar-refractivity contribution in [3.63, 3.8) is 0 Å². The minimum absolute atomic E-state index is 0.0247. The lowest BCUT2D eigenvalue weighted by Crippen LogP contribution is -2.08. The number of ether oxygens (including phenoxy) is 1. The van der Waals surface area contributed by atoms with Crippen molar-refractivity contribution in [3.8, 4) is 5.75 Å². The van der Waals surface area contributed by atoms with Gasteiger partial charge in [-0.15, -0.1) is 0 Å². The first-order chi connectivity index (χ1) is 9.11. The number of para-hydroxylation sites is 1. The van der Waals surface area contributed by atoms with E-state index in [2.05, 4.69) is 15.9 Å². The van der Waals surface area contributed by atoms with Gasteiger partial charge >= 0.3 is 0 Å². The Labute approximate surface area is 120 Å². The van der Waals surface area contributed by atoms with E-state index in [-0.39, 0.29) is 12.2 Å². The number of carbonyl (C=O) groups is 1. The highest BCUT2D eigenvalue weighted by atomic mass is 79.9. The minimum Gasteiger partial charge on any atom is -0.496 e. The molecule has 2 N–H and O–H groups in total. The Morgan fingerprint density at radius 3 is 2.74 bits per heavy atom. The molecule has 2 rings (SSSR count). The summed E-state index contributed by atoms with van der Waals surface area (Å²) in [6.45, 7) is 0. The Bertz CT molecular complexity index is 611. The molecule has 3 nitrogen and oxygen atoms in total. The molecule has 0 saturated carbocycles. The molecule has 19 heavy (non-hydrogen) atoms. The Morgan fingerprint density at radius 2 is 2.00 bits per heavy atom. The fourth-order valence-corrected chi connectivity index (χ4v) is 2.25. The van der Waals surface area contributed by atoms with Crippen molar-refractivity contribution >= 4 is 27.4 Å². The van der Waals surface area contributed by atoms with Crippen LogP contribution in [0.2, 0.25) is 0 Å². The quantitative estimate of drug-likeness (QED) is 0.693. The highest BCUT2D eigenvalue weighted by molar-refractivity contribution is 9.10. The van der Waals surface area contributed by atoms with Gasteiger partial charge in [-0.05, 0) is 24.3 Å². The van der Waals surface area contributed by atoms with Crippen LogP contribution < -0.4 is 10.5 Å². The number of carbonyl (C=O) groups excluding carboxylic acids is 1. The lowest BCUT2D eigenvalue weighted by Gasteiger charge is -2.09. The molecule has 0 fully saturated rings. The maximum absolute atomic E-state index is 12.3. The predicted molar refractivity (Wildman–Crippen MR) is 79.6 cm³/mol. The van der Waals surface area contributed by atoms with Crippen molar-refractivity contribution in [3.05, 3.63) is 58.1 Å². The lowest BCUT2D eigenvalue weighted by molar-refractivity contribution is 0.0993. The number of hydrogen-bond donors (Lipinski definition) is 1. The van der Waals surface area contributed by atoms with Gasteiger partial charge in [-0.2, -0.15) is 0 Å². The Morgan fingerprint density at radius 1 is 1.26 bits per heavy atom. The van der Waals surface area contributed by atoms with Crippen LogP contribution in [0.15, 0.2) is 46.9 Å². The van der Waals surface area contributed by atoms with Crippen LogP contribution in [0.25, 0.3) is 0 Å². The van der Waals surface area contributed by atoms with Gasteiger partial charge in [-0.1, -0.05) is 34.1 Å². The van der Waals surface area contributed by atoms with E-state index in [9.17, 15) is 4.79 Å². The van der Waals surface area contributed by atoms with E-state index in [1.165, 1.54) is 0 Å². The Balaban J connectivity index is 2.28. The maximum Gasteiger partial charge on any atom is 0.169 e. The van der Waals surface area contributed by atoms with Crippen molar-refractivity contribution in [2.45, 2.75) is 6.42 Å². The summed E-state index contributed by atoms with van der Waals surface area (Å²) in [5.74, 6) is 0.688. The fraction of sp³-hybridized carbons (Fsp3) is 0.133. The topological polar surface area (TPSA) is 52.3 Å². The summed E-state index contributed by atoms with van der Waals surface area (Å²) in [6.07, 6.45) is 0.269. The first kappa shape index (κ1) is 13.6. The van der Waals surface area contributed by atoms with Crippen LogP contribution in [0.5, 0.6) is 5.75 Å². The molecule has 4 heteroatoms. The number of methoxy groups -OCH3 is 1. The number of benzene rings is 2. The third-order valence-electron chi connectivity index (χ3n) is 2.86. The zero-order chi connectivity index (χ0) is 13.8. The Kier molecular flexibility index (Phi) is 4.22. The second-order valence-electron chi connectivity index (χ2n) is 4.14. The summed E-state index contributed by atoms with van der Waals surface area (Å²) >= 11 is 3.35. The first-order valence-electron chi connectivity index (χ1n) is 5.82. The number of Topliss-reactive ketones (excluding diaryl/α,β-unsaturated/α-hetero) is 1. The molecule has 98 valence electrons. The summed E-state index contributed by atoms with van der Waals surface area (Å²) in [5, 5.41) is 0. The molecular formula is C15H14BrNO2. The smallest absolute Gasteiger partial charge is 0.169 e. The number of ketones is 1. The summed E-state index contributed by atoms with van der Waals surface area (Å²) in [4.78, 5) is 12.3. The molecule has 0 saturated heterocycles. The van der Waals surface area contributed by atoms with Gasteiger partial charge in [0.2, 0.25) is 0 Å². The zero-order valence-corrected chi connectivity index (χ0v) is 12.1. The maximum atomic E-state index is 12.3. The van der Waals surface area contributed by atoms with E-state index in [0.29, 0.717) is 17.0 Å². The molecule has 0 aliphatic heterocycles. The SMILES string of the molecule is COc1ccccc1CC(=O)c1cc(Br)ccc1N. The van der Waals surface area contributed by atoms with Gasteiger partial charge in [0.05, 0.1) is 7.11 Å². The van der Waals surface area contributed by atoms with E-state index in [4.69, 9.17) is 10.5 Å². The average molecular weight is 320 g/mol. The van der Waals surface area contributed by atoms with Crippen molar-refractivity contribution in [1.82, 2.24) is 0 Å². The van der Waals surface area contributed by atoms with Gasteiger partial charge in [-0.25, -0.2) is 0 Å². The molecule has 0 amide bonds. The highest BCUT2D eigenvalue weighted by Crippen LogP contribution is 2.23. The largest absolute Gasteiger partial charge is 0.496 e. The molecule has 2 aromatic rings. The van der Waals surface area contributed by atoms with E-state index in [1.807, 2.05) is 30.3 Å². The fourth-order valence-electron chi connectivity index (χ4n) is 1.89. The van der Waals surface area contributed by atoms with Gasteiger partial charge < -0.3 is 10.5 Å². The van der Waals surface area contributed by atoms with E-state index in [0.717, 1.165) is 10.0 Å². The third-order valence-corrected chi connectivity index (χ3v) is 3.35. The van der Waals surface area contributed by atoms with Gasteiger partial charge in [-0.3, -0.25) is 4.79 Å². The van der Waals surface area contributed by atoms with Gasteiger partial charge in [0, 0.05) is 27.7 Å². The third kappa shape index (κ3) is 3.15. The van der Waals surface area contributed by atoms with Crippen LogP contribution in [0.1, 0.15) is 15.9 Å². The monoisotopic (exact) mass is 319 g/mol. The van der Waals surface area contributed by atoms with E-state index < -0.39 is 0 Å². The summed E-state index contributed by atoms with van der Waals surface area (Å²) < 4.78 is 6.08. The normalized spacial score (nSPS) is 10.2. The summed E-state index contributed by atoms with van der Waals surface area (Å²) in [5.41, 5.74) is 7.71. The predicted octanol–water partition coefficient (Wildman–Crippen LogP) is 3.47. The second-order valence-corrected chi connectivity index (χ2v) is 5.06. The number of halogens is 1. The van der Waals surface area contributed by atoms with Crippen LogP contribution in [0.4, 0.5) is 5.69 Å². The van der Waals surface area contributed by atoms with Gasteiger partial charge in [0.1, 0.15) is 5.75 Å². The molecular weight excluding hydrogens is 306 g/mol. The number of rotatable bonds is 4.